The van der Waals surface area contributed by atoms with Gasteiger partial charge in [0.15, 0.2) is 0 Å². The van der Waals surface area contributed by atoms with Crippen LogP contribution in [0.4, 0.5) is 5.82 Å². The standard InChI is InChI=1S/C12H17BrN4/c1-12(11(14)15)4-7-17(8-5-12)10-9(13)3-2-6-16-10/h2-3,6H,4-5,7-8H2,1H3,(H3,14,15). The van der Waals surface area contributed by atoms with Crippen molar-refractivity contribution in [2.75, 3.05) is 18.0 Å². The zero-order chi connectivity index (χ0) is 12.5. The molecule has 0 saturated carbocycles. The van der Waals surface area contributed by atoms with Crippen LogP contribution in [0.15, 0.2) is 22.8 Å². The van der Waals surface area contributed by atoms with Crippen molar-refractivity contribution in [3.8, 4) is 0 Å². The van der Waals surface area contributed by atoms with Gasteiger partial charge in [0.25, 0.3) is 0 Å². The van der Waals surface area contributed by atoms with Crippen molar-refractivity contribution >= 4 is 27.6 Å². The predicted molar refractivity (Wildman–Crippen MR) is 73.4 cm³/mol. The normalized spacial score (nSPS) is 19.1. The minimum atomic E-state index is -0.141. The van der Waals surface area contributed by atoms with Crippen LogP contribution in [0, 0.1) is 10.8 Å². The van der Waals surface area contributed by atoms with E-state index in [9.17, 15) is 0 Å². The van der Waals surface area contributed by atoms with Gasteiger partial charge >= 0.3 is 0 Å². The number of hydrogen-bond acceptors (Lipinski definition) is 3. The third-order valence-corrected chi connectivity index (χ3v) is 4.17. The maximum absolute atomic E-state index is 7.63. The first kappa shape index (κ1) is 12.4. The molecule has 3 N–H and O–H groups in total. The fraction of sp³-hybridized carbons (Fsp3) is 0.500. The van der Waals surface area contributed by atoms with Gasteiger partial charge in [0, 0.05) is 24.7 Å². The van der Waals surface area contributed by atoms with Gasteiger partial charge in [-0.05, 0) is 40.9 Å². The minimum absolute atomic E-state index is 0.141. The Hall–Kier alpha value is -1.10. The topological polar surface area (TPSA) is 66.0 Å². The summed E-state index contributed by atoms with van der Waals surface area (Å²) in [6.45, 7) is 3.86. The summed E-state index contributed by atoms with van der Waals surface area (Å²) in [5.41, 5.74) is 5.51. The number of aromatic nitrogens is 1. The first-order valence-electron chi connectivity index (χ1n) is 5.73. The molecular weight excluding hydrogens is 280 g/mol. The summed E-state index contributed by atoms with van der Waals surface area (Å²) >= 11 is 3.52. The minimum Gasteiger partial charge on any atom is -0.387 e. The number of pyridine rings is 1. The molecule has 92 valence electrons. The smallest absolute Gasteiger partial charge is 0.142 e. The van der Waals surface area contributed by atoms with Crippen LogP contribution >= 0.6 is 15.9 Å². The Balaban J connectivity index is 2.10. The van der Waals surface area contributed by atoms with Gasteiger partial charge in [0.05, 0.1) is 10.3 Å². The second-order valence-electron chi connectivity index (χ2n) is 4.77. The lowest BCUT2D eigenvalue weighted by atomic mass is 9.79. The highest BCUT2D eigenvalue weighted by Crippen LogP contribution is 2.34. The summed E-state index contributed by atoms with van der Waals surface area (Å²) in [6.07, 6.45) is 3.62. The van der Waals surface area contributed by atoms with Gasteiger partial charge in [0.2, 0.25) is 0 Å². The Labute approximate surface area is 110 Å². The zero-order valence-corrected chi connectivity index (χ0v) is 11.5. The lowest BCUT2D eigenvalue weighted by Gasteiger charge is -2.39. The largest absolute Gasteiger partial charge is 0.387 e. The van der Waals surface area contributed by atoms with Crippen LogP contribution in [0.25, 0.3) is 0 Å². The maximum Gasteiger partial charge on any atom is 0.142 e. The Morgan fingerprint density at radius 3 is 2.71 bits per heavy atom. The zero-order valence-electron chi connectivity index (χ0n) is 9.91. The van der Waals surface area contributed by atoms with Crippen LogP contribution in [0.1, 0.15) is 19.8 Å². The lowest BCUT2D eigenvalue weighted by molar-refractivity contribution is 0.350. The molecule has 1 aromatic heterocycles. The number of nitrogens with zero attached hydrogens (tertiary/aromatic N) is 2. The summed E-state index contributed by atoms with van der Waals surface area (Å²) in [5, 5.41) is 7.63. The Kier molecular flexibility index (Phi) is 3.38. The molecule has 0 bridgehead atoms. The molecule has 0 spiro atoms. The molecule has 5 heteroatoms. The molecule has 1 saturated heterocycles. The Morgan fingerprint density at radius 1 is 1.53 bits per heavy atom. The first-order chi connectivity index (χ1) is 8.03. The molecular formula is C12H17BrN4. The van der Waals surface area contributed by atoms with E-state index in [0.717, 1.165) is 36.2 Å². The molecule has 1 aliphatic rings. The fourth-order valence-corrected chi connectivity index (χ4v) is 2.60. The van der Waals surface area contributed by atoms with E-state index in [0.29, 0.717) is 5.84 Å². The van der Waals surface area contributed by atoms with E-state index in [4.69, 9.17) is 11.1 Å². The Morgan fingerprint density at radius 2 is 2.18 bits per heavy atom. The van der Waals surface area contributed by atoms with Gasteiger partial charge in [-0.25, -0.2) is 4.98 Å². The van der Waals surface area contributed by atoms with Crippen LogP contribution in [0.2, 0.25) is 0 Å². The molecule has 4 nitrogen and oxygen atoms in total. The molecule has 0 atom stereocenters. The monoisotopic (exact) mass is 296 g/mol. The van der Waals surface area contributed by atoms with E-state index < -0.39 is 0 Å². The van der Waals surface area contributed by atoms with Crippen molar-refractivity contribution in [2.24, 2.45) is 11.1 Å². The van der Waals surface area contributed by atoms with Crippen LogP contribution in [-0.4, -0.2) is 23.9 Å². The SMILES string of the molecule is CC1(C(=N)N)CCN(c2ncccc2Br)CC1. The van der Waals surface area contributed by atoms with Crippen molar-refractivity contribution < 1.29 is 0 Å². The van der Waals surface area contributed by atoms with Crippen LogP contribution in [-0.2, 0) is 0 Å². The molecule has 0 aromatic carbocycles. The molecule has 1 aliphatic heterocycles. The van der Waals surface area contributed by atoms with Crippen molar-refractivity contribution in [2.45, 2.75) is 19.8 Å². The molecule has 0 aliphatic carbocycles. The number of piperidine rings is 1. The third kappa shape index (κ3) is 2.44. The Bertz CT molecular complexity index is 424. The quantitative estimate of drug-likeness (QED) is 0.650. The summed E-state index contributed by atoms with van der Waals surface area (Å²) in [4.78, 5) is 6.63. The average Bonchev–Trinajstić information content (AvgIpc) is 2.31. The highest BCUT2D eigenvalue weighted by molar-refractivity contribution is 9.10. The summed E-state index contributed by atoms with van der Waals surface area (Å²) < 4.78 is 1.02. The van der Waals surface area contributed by atoms with Gasteiger partial charge in [-0.15, -0.1) is 0 Å². The molecule has 2 rings (SSSR count). The van der Waals surface area contributed by atoms with Crippen molar-refractivity contribution in [3.05, 3.63) is 22.8 Å². The number of rotatable bonds is 2. The molecule has 0 radical (unpaired) electrons. The van der Waals surface area contributed by atoms with Gasteiger partial charge in [0.1, 0.15) is 5.82 Å². The molecule has 1 fully saturated rings. The van der Waals surface area contributed by atoms with Gasteiger partial charge in [-0.1, -0.05) is 6.92 Å². The summed E-state index contributed by atoms with van der Waals surface area (Å²) in [7, 11) is 0. The van der Waals surface area contributed by atoms with Crippen molar-refractivity contribution in [3.63, 3.8) is 0 Å². The highest BCUT2D eigenvalue weighted by atomic mass is 79.9. The van der Waals surface area contributed by atoms with Gasteiger partial charge in [-0.2, -0.15) is 0 Å². The fourth-order valence-electron chi connectivity index (χ4n) is 2.09. The second-order valence-corrected chi connectivity index (χ2v) is 5.62. The van der Waals surface area contributed by atoms with Crippen molar-refractivity contribution in [1.82, 2.24) is 4.98 Å². The van der Waals surface area contributed by atoms with E-state index in [-0.39, 0.29) is 5.41 Å². The van der Waals surface area contributed by atoms with E-state index in [2.05, 4.69) is 32.7 Å². The summed E-state index contributed by atoms with van der Waals surface area (Å²) in [6, 6.07) is 3.92. The third-order valence-electron chi connectivity index (χ3n) is 3.56. The highest BCUT2D eigenvalue weighted by Gasteiger charge is 2.33. The number of halogens is 1. The summed E-state index contributed by atoms with van der Waals surface area (Å²) in [5.74, 6) is 1.29. The molecule has 0 amide bonds. The number of anilines is 1. The van der Waals surface area contributed by atoms with E-state index in [1.165, 1.54) is 0 Å². The molecule has 17 heavy (non-hydrogen) atoms. The molecule has 1 aromatic rings. The van der Waals surface area contributed by atoms with Crippen LogP contribution < -0.4 is 10.6 Å². The number of nitrogens with one attached hydrogen (secondary N) is 1. The second kappa shape index (κ2) is 4.64. The number of hydrogen-bond donors (Lipinski definition) is 2. The lowest BCUT2D eigenvalue weighted by Crippen LogP contribution is -2.45. The van der Waals surface area contributed by atoms with Gasteiger partial charge < -0.3 is 10.6 Å². The van der Waals surface area contributed by atoms with E-state index in [1.807, 2.05) is 12.1 Å². The maximum atomic E-state index is 7.63. The molecule has 2 heterocycles. The predicted octanol–water partition coefficient (Wildman–Crippen LogP) is 2.39. The van der Waals surface area contributed by atoms with Crippen molar-refractivity contribution in [1.29, 1.82) is 5.41 Å². The van der Waals surface area contributed by atoms with E-state index >= 15 is 0 Å². The van der Waals surface area contributed by atoms with Gasteiger partial charge in [-0.3, -0.25) is 5.41 Å². The number of nitrogens with two attached hydrogens (primary N) is 1. The van der Waals surface area contributed by atoms with Crippen LogP contribution in [0.3, 0.4) is 0 Å². The van der Waals surface area contributed by atoms with Crippen LogP contribution in [0.5, 0.6) is 0 Å². The molecule has 0 unspecified atom stereocenters. The average molecular weight is 297 g/mol. The number of amidine groups is 1. The van der Waals surface area contributed by atoms with E-state index in [1.54, 1.807) is 6.20 Å². The first-order valence-corrected chi connectivity index (χ1v) is 6.52.